The molecular weight excluding hydrogens is 395 g/mol. The fraction of sp³-hybridized carbons (Fsp3) is 0.238. The summed E-state index contributed by atoms with van der Waals surface area (Å²) in [6.07, 6.45) is 1.40. The highest BCUT2D eigenvalue weighted by Crippen LogP contribution is 2.33. The van der Waals surface area contributed by atoms with Crippen LogP contribution in [-0.2, 0) is 24.2 Å². The molecule has 5 nitrogen and oxygen atoms in total. The Hall–Kier alpha value is -2.34. The van der Waals surface area contributed by atoms with E-state index in [9.17, 15) is 4.79 Å². The number of H-pyrrole nitrogens is 1. The monoisotopic (exact) mass is 412 g/mol. The molecule has 2 aromatic carbocycles. The van der Waals surface area contributed by atoms with Gasteiger partial charge in [-0.3, -0.25) is 9.69 Å². The van der Waals surface area contributed by atoms with Crippen LogP contribution >= 0.6 is 23.2 Å². The lowest BCUT2D eigenvalue weighted by Gasteiger charge is -2.36. The molecule has 3 heterocycles. The highest BCUT2D eigenvalue weighted by molar-refractivity contribution is 6.33. The number of hydrogen-bond acceptors (Lipinski definition) is 3. The highest BCUT2D eigenvalue weighted by Gasteiger charge is 2.34. The molecular formula is C21H18Cl2N4O. The summed E-state index contributed by atoms with van der Waals surface area (Å²) in [5.41, 5.74) is 4.79. The summed E-state index contributed by atoms with van der Waals surface area (Å²) in [5.74, 6) is 0.794. The van der Waals surface area contributed by atoms with E-state index in [1.54, 1.807) is 0 Å². The van der Waals surface area contributed by atoms with Crippen molar-refractivity contribution in [2.75, 3.05) is 11.9 Å². The number of fused-ring (bicyclic) bond motifs is 2. The maximum Gasteiger partial charge on any atom is 0.242 e. The van der Waals surface area contributed by atoms with Gasteiger partial charge < -0.3 is 10.3 Å². The van der Waals surface area contributed by atoms with Crippen molar-refractivity contribution in [2.24, 2.45) is 0 Å². The smallest absolute Gasteiger partial charge is 0.242 e. The van der Waals surface area contributed by atoms with Crippen LogP contribution in [0, 0.1) is 0 Å². The van der Waals surface area contributed by atoms with E-state index in [4.69, 9.17) is 28.2 Å². The first-order valence-electron chi connectivity index (χ1n) is 9.25. The molecule has 0 aliphatic carbocycles. The van der Waals surface area contributed by atoms with Gasteiger partial charge in [0.25, 0.3) is 0 Å². The van der Waals surface area contributed by atoms with E-state index in [0.717, 1.165) is 47.0 Å². The number of imidazole rings is 1. The van der Waals surface area contributed by atoms with Crippen molar-refractivity contribution in [3.63, 3.8) is 0 Å². The standard InChI is InChI=1S/C21H18Cl2N4O/c22-14-5-2-1-4-12(14)20-24-17-8-9-27(11-18(17)25-20)19-10-13-15(23)6-3-7-16(13)26-21(19)28/h1-7,19H,8-11H2,(H,24,25)(H,26,28). The predicted molar refractivity (Wildman–Crippen MR) is 111 cm³/mol. The Kier molecular flexibility index (Phi) is 4.38. The minimum atomic E-state index is -0.243. The quantitative estimate of drug-likeness (QED) is 0.659. The molecule has 0 saturated heterocycles. The number of benzene rings is 2. The number of halogens is 2. The van der Waals surface area contributed by atoms with Crippen molar-refractivity contribution >= 4 is 34.8 Å². The first-order valence-corrected chi connectivity index (χ1v) is 10.0. The second-order valence-corrected chi connectivity index (χ2v) is 8.00. The molecule has 142 valence electrons. The van der Waals surface area contributed by atoms with Crippen LogP contribution in [0.3, 0.4) is 0 Å². The third-order valence-electron chi connectivity index (χ3n) is 5.51. The Labute approximate surface area is 172 Å². The van der Waals surface area contributed by atoms with E-state index < -0.39 is 0 Å². The molecule has 28 heavy (non-hydrogen) atoms. The van der Waals surface area contributed by atoms with Crippen LogP contribution < -0.4 is 5.32 Å². The molecule has 3 aromatic rings. The van der Waals surface area contributed by atoms with Gasteiger partial charge in [-0.25, -0.2) is 4.98 Å². The van der Waals surface area contributed by atoms with Crippen molar-refractivity contribution in [3.8, 4) is 11.4 Å². The average Bonchev–Trinajstić information content (AvgIpc) is 3.11. The lowest BCUT2D eigenvalue weighted by molar-refractivity contribution is -0.122. The van der Waals surface area contributed by atoms with Crippen molar-refractivity contribution in [3.05, 3.63) is 69.5 Å². The van der Waals surface area contributed by atoms with Gasteiger partial charge >= 0.3 is 0 Å². The number of carbonyl (C=O) groups is 1. The highest BCUT2D eigenvalue weighted by atomic mass is 35.5. The summed E-state index contributed by atoms with van der Waals surface area (Å²) in [6.45, 7) is 1.42. The second kappa shape index (κ2) is 6.92. The maximum atomic E-state index is 12.7. The van der Waals surface area contributed by atoms with E-state index >= 15 is 0 Å². The number of nitrogens with zero attached hydrogens (tertiary/aromatic N) is 2. The molecule has 5 rings (SSSR count). The maximum absolute atomic E-state index is 12.7. The molecule has 0 radical (unpaired) electrons. The van der Waals surface area contributed by atoms with Crippen molar-refractivity contribution < 1.29 is 4.79 Å². The van der Waals surface area contributed by atoms with Crippen LogP contribution in [0.15, 0.2) is 42.5 Å². The molecule has 2 N–H and O–H groups in total. The number of hydrogen-bond donors (Lipinski definition) is 2. The van der Waals surface area contributed by atoms with E-state index in [0.29, 0.717) is 23.0 Å². The molecule has 0 saturated carbocycles. The summed E-state index contributed by atoms with van der Waals surface area (Å²) in [6, 6.07) is 13.0. The molecule has 0 bridgehead atoms. The number of anilines is 1. The third-order valence-corrected chi connectivity index (χ3v) is 6.19. The van der Waals surface area contributed by atoms with E-state index in [1.807, 2.05) is 42.5 Å². The van der Waals surface area contributed by atoms with E-state index in [2.05, 4.69) is 15.2 Å². The Balaban J connectivity index is 1.41. The van der Waals surface area contributed by atoms with Crippen LogP contribution in [0.2, 0.25) is 10.0 Å². The molecule has 2 aliphatic rings. The Bertz CT molecular complexity index is 1080. The van der Waals surface area contributed by atoms with Crippen LogP contribution in [0.4, 0.5) is 5.69 Å². The fourth-order valence-electron chi connectivity index (χ4n) is 4.04. The van der Waals surface area contributed by atoms with Gasteiger partial charge in [-0.15, -0.1) is 0 Å². The predicted octanol–water partition coefficient (Wildman–Crippen LogP) is 4.31. The van der Waals surface area contributed by atoms with Gasteiger partial charge in [-0.1, -0.05) is 41.4 Å². The van der Waals surface area contributed by atoms with Crippen LogP contribution in [-0.4, -0.2) is 33.4 Å². The summed E-state index contributed by atoms with van der Waals surface area (Å²) in [7, 11) is 0. The van der Waals surface area contributed by atoms with Crippen LogP contribution in [0.5, 0.6) is 0 Å². The normalized spacial score (nSPS) is 19.1. The minimum Gasteiger partial charge on any atom is -0.340 e. The zero-order chi connectivity index (χ0) is 19.3. The van der Waals surface area contributed by atoms with Gasteiger partial charge in [0.2, 0.25) is 5.91 Å². The zero-order valence-corrected chi connectivity index (χ0v) is 16.5. The van der Waals surface area contributed by atoms with Gasteiger partial charge in [0.05, 0.1) is 22.5 Å². The van der Waals surface area contributed by atoms with Gasteiger partial charge in [-0.2, -0.15) is 0 Å². The topological polar surface area (TPSA) is 61.0 Å². The number of amides is 1. The van der Waals surface area contributed by atoms with Crippen LogP contribution in [0.25, 0.3) is 11.4 Å². The Morgan fingerprint density at radius 2 is 1.89 bits per heavy atom. The van der Waals surface area contributed by atoms with E-state index in [-0.39, 0.29) is 11.9 Å². The van der Waals surface area contributed by atoms with Gasteiger partial charge in [0, 0.05) is 42.2 Å². The first kappa shape index (κ1) is 17.7. The molecule has 1 aromatic heterocycles. The number of rotatable bonds is 2. The molecule has 1 amide bonds. The molecule has 7 heteroatoms. The van der Waals surface area contributed by atoms with Crippen molar-refractivity contribution in [1.29, 1.82) is 0 Å². The second-order valence-electron chi connectivity index (χ2n) is 7.19. The number of nitrogens with one attached hydrogen (secondary N) is 2. The molecule has 0 spiro atoms. The molecule has 1 atom stereocenters. The summed E-state index contributed by atoms with van der Waals surface area (Å²) in [5, 5.41) is 4.37. The van der Waals surface area contributed by atoms with Gasteiger partial charge in [0.1, 0.15) is 5.82 Å². The number of carbonyl (C=O) groups excluding carboxylic acids is 1. The lowest BCUT2D eigenvalue weighted by atomic mass is 9.96. The number of aromatic amines is 1. The summed E-state index contributed by atoms with van der Waals surface area (Å²) < 4.78 is 0. The molecule has 1 unspecified atom stereocenters. The van der Waals surface area contributed by atoms with Crippen molar-refractivity contribution in [2.45, 2.75) is 25.4 Å². The van der Waals surface area contributed by atoms with E-state index in [1.165, 1.54) is 0 Å². The van der Waals surface area contributed by atoms with Crippen molar-refractivity contribution in [1.82, 2.24) is 14.9 Å². The minimum absolute atomic E-state index is 0.0176. The zero-order valence-electron chi connectivity index (χ0n) is 15.0. The SMILES string of the molecule is O=C1Nc2cccc(Cl)c2CC1N1CCc2nc(-c3ccccc3Cl)[nH]c2C1. The van der Waals surface area contributed by atoms with Crippen LogP contribution in [0.1, 0.15) is 17.0 Å². The lowest BCUT2D eigenvalue weighted by Crippen LogP contribution is -2.49. The first-order chi connectivity index (χ1) is 13.6. The van der Waals surface area contributed by atoms with Gasteiger partial charge in [0.15, 0.2) is 0 Å². The Morgan fingerprint density at radius 1 is 1.07 bits per heavy atom. The Morgan fingerprint density at radius 3 is 2.75 bits per heavy atom. The van der Waals surface area contributed by atoms with Gasteiger partial charge in [-0.05, 0) is 29.8 Å². The number of aromatic nitrogens is 2. The molecule has 0 fully saturated rings. The fourth-order valence-corrected chi connectivity index (χ4v) is 4.52. The largest absolute Gasteiger partial charge is 0.340 e. The molecule has 2 aliphatic heterocycles. The third kappa shape index (κ3) is 3.00. The average molecular weight is 413 g/mol. The summed E-state index contributed by atoms with van der Waals surface area (Å²) >= 11 is 12.7. The summed E-state index contributed by atoms with van der Waals surface area (Å²) in [4.78, 5) is 23.1.